The maximum atomic E-state index is 11.9. The number of amides is 2. The maximum absolute atomic E-state index is 11.9. The van der Waals surface area contributed by atoms with Gasteiger partial charge in [0.05, 0.1) is 6.54 Å². The summed E-state index contributed by atoms with van der Waals surface area (Å²) in [5.74, 6) is -0.272. The van der Waals surface area contributed by atoms with Crippen LogP contribution in [0.4, 0.5) is 5.69 Å². The molecule has 17 heavy (non-hydrogen) atoms. The average molecular weight is 253 g/mol. The Morgan fingerprint density at radius 1 is 1.41 bits per heavy atom. The van der Waals surface area contributed by atoms with E-state index in [1.807, 2.05) is 13.0 Å². The minimum atomic E-state index is -0.506. The van der Waals surface area contributed by atoms with Gasteiger partial charge in [-0.2, -0.15) is 0 Å². The molecule has 4 nitrogen and oxygen atoms in total. The van der Waals surface area contributed by atoms with E-state index in [9.17, 15) is 9.59 Å². The van der Waals surface area contributed by atoms with Gasteiger partial charge in [-0.1, -0.05) is 17.7 Å². The smallest absolute Gasteiger partial charge is 0.247 e. The Labute approximate surface area is 105 Å². The third-order valence-corrected chi connectivity index (χ3v) is 3.12. The largest absolute Gasteiger partial charge is 0.345 e. The minimum absolute atomic E-state index is 0.0368. The summed E-state index contributed by atoms with van der Waals surface area (Å²) in [5, 5.41) is 3.10. The van der Waals surface area contributed by atoms with Crippen LogP contribution in [-0.4, -0.2) is 24.4 Å². The van der Waals surface area contributed by atoms with Crippen molar-refractivity contribution in [3.63, 3.8) is 0 Å². The highest BCUT2D eigenvalue weighted by Gasteiger charge is 2.32. The second-order valence-corrected chi connectivity index (χ2v) is 4.52. The topological polar surface area (TPSA) is 49.4 Å². The summed E-state index contributed by atoms with van der Waals surface area (Å²) in [6, 6.07) is 4.81. The molecule has 2 amide bonds. The monoisotopic (exact) mass is 252 g/mol. The standard InChI is InChI=1S/C12H13ClN2O2/c1-7-3-4-9(13)5-10(7)15-8(2)12(17)14-6-11(15)16/h3-5,8H,6H2,1-2H3,(H,14,17). The maximum Gasteiger partial charge on any atom is 0.247 e. The second-order valence-electron chi connectivity index (χ2n) is 4.09. The van der Waals surface area contributed by atoms with E-state index in [2.05, 4.69) is 5.32 Å². The fraction of sp³-hybridized carbons (Fsp3) is 0.333. The molecule has 1 aromatic carbocycles. The van der Waals surface area contributed by atoms with E-state index in [0.29, 0.717) is 10.7 Å². The SMILES string of the molecule is Cc1ccc(Cl)cc1N1C(=O)CNC(=O)C1C. The number of rotatable bonds is 1. The molecule has 1 atom stereocenters. The number of benzene rings is 1. The van der Waals surface area contributed by atoms with Crippen LogP contribution in [0.15, 0.2) is 18.2 Å². The Hall–Kier alpha value is -1.55. The highest BCUT2D eigenvalue weighted by molar-refractivity contribution is 6.31. The molecule has 1 aromatic rings. The lowest BCUT2D eigenvalue weighted by atomic mass is 10.1. The van der Waals surface area contributed by atoms with Crippen molar-refractivity contribution in [3.8, 4) is 0 Å². The summed E-state index contributed by atoms with van der Waals surface area (Å²) in [6.45, 7) is 3.63. The van der Waals surface area contributed by atoms with Crippen molar-refractivity contribution < 1.29 is 9.59 Å². The number of nitrogens with one attached hydrogen (secondary N) is 1. The van der Waals surface area contributed by atoms with Crippen molar-refractivity contribution >= 4 is 29.1 Å². The Bertz CT molecular complexity index is 487. The van der Waals surface area contributed by atoms with E-state index in [1.165, 1.54) is 4.90 Å². The summed E-state index contributed by atoms with van der Waals surface area (Å²) >= 11 is 5.93. The Kier molecular flexibility index (Phi) is 3.07. The molecule has 1 aliphatic heterocycles. The van der Waals surface area contributed by atoms with Gasteiger partial charge in [-0.25, -0.2) is 0 Å². The van der Waals surface area contributed by atoms with Crippen molar-refractivity contribution in [1.29, 1.82) is 0 Å². The third-order valence-electron chi connectivity index (χ3n) is 2.88. The molecule has 1 fully saturated rings. The third kappa shape index (κ3) is 2.13. The van der Waals surface area contributed by atoms with Gasteiger partial charge >= 0.3 is 0 Å². The first kappa shape index (κ1) is 11.9. The van der Waals surface area contributed by atoms with Crippen molar-refractivity contribution in [2.45, 2.75) is 19.9 Å². The quantitative estimate of drug-likeness (QED) is 0.824. The predicted molar refractivity (Wildman–Crippen MR) is 66.1 cm³/mol. The number of carbonyl (C=O) groups is 2. The predicted octanol–water partition coefficient (Wildman–Crippen LogP) is 1.50. The lowest BCUT2D eigenvalue weighted by molar-refractivity contribution is -0.130. The van der Waals surface area contributed by atoms with Crippen LogP contribution in [0.5, 0.6) is 0 Å². The van der Waals surface area contributed by atoms with E-state index in [0.717, 1.165) is 5.56 Å². The zero-order valence-corrected chi connectivity index (χ0v) is 10.4. The number of piperazine rings is 1. The van der Waals surface area contributed by atoms with Gasteiger partial charge in [-0.15, -0.1) is 0 Å². The van der Waals surface area contributed by atoms with Gasteiger partial charge in [-0.05, 0) is 31.5 Å². The van der Waals surface area contributed by atoms with E-state index < -0.39 is 6.04 Å². The first-order chi connectivity index (χ1) is 8.00. The lowest BCUT2D eigenvalue weighted by Gasteiger charge is -2.33. The van der Waals surface area contributed by atoms with Crippen LogP contribution in [0.25, 0.3) is 0 Å². The van der Waals surface area contributed by atoms with E-state index >= 15 is 0 Å². The van der Waals surface area contributed by atoms with Crippen LogP contribution in [0, 0.1) is 6.92 Å². The molecule has 1 saturated heterocycles. The fourth-order valence-corrected chi connectivity index (χ4v) is 2.08. The van der Waals surface area contributed by atoms with Gasteiger partial charge in [0.15, 0.2) is 0 Å². The lowest BCUT2D eigenvalue weighted by Crippen LogP contribution is -2.57. The normalized spacial score (nSPS) is 20.4. The first-order valence-electron chi connectivity index (χ1n) is 5.36. The highest BCUT2D eigenvalue weighted by atomic mass is 35.5. The molecule has 0 bridgehead atoms. The fourth-order valence-electron chi connectivity index (χ4n) is 1.91. The Morgan fingerprint density at radius 3 is 2.82 bits per heavy atom. The molecule has 5 heteroatoms. The first-order valence-corrected chi connectivity index (χ1v) is 5.74. The van der Waals surface area contributed by atoms with Crippen LogP contribution in [-0.2, 0) is 9.59 Å². The van der Waals surface area contributed by atoms with E-state index in [4.69, 9.17) is 11.6 Å². The van der Waals surface area contributed by atoms with Gasteiger partial charge in [0.25, 0.3) is 0 Å². The van der Waals surface area contributed by atoms with Crippen LogP contribution in [0.2, 0.25) is 5.02 Å². The molecule has 0 aromatic heterocycles. The summed E-state index contributed by atoms with van der Waals surface area (Å²) in [6.07, 6.45) is 0. The minimum Gasteiger partial charge on any atom is -0.345 e. The van der Waals surface area contributed by atoms with Gasteiger partial charge in [0.2, 0.25) is 11.8 Å². The van der Waals surface area contributed by atoms with Crippen molar-refractivity contribution in [2.75, 3.05) is 11.4 Å². The summed E-state index contributed by atoms with van der Waals surface area (Å²) < 4.78 is 0. The van der Waals surface area contributed by atoms with Crippen molar-refractivity contribution in [3.05, 3.63) is 28.8 Å². The average Bonchev–Trinajstić information content (AvgIpc) is 2.29. The van der Waals surface area contributed by atoms with Gasteiger partial charge in [-0.3, -0.25) is 14.5 Å². The summed E-state index contributed by atoms with van der Waals surface area (Å²) in [4.78, 5) is 25.0. The van der Waals surface area contributed by atoms with Gasteiger partial charge in [0.1, 0.15) is 6.04 Å². The summed E-state index contributed by atoms with van der Waals surface area (Å²) in [5.41, 5.74) is 1.62. The summed E-state index contributed by atoms with van der Waals surface area (Å²) in [7, 11) is 0. The van der Waals surface area contributed by atoms with E-state index in [1.54, 1.807) is 19.1 Å². The number of hydrogen-bond donors (Lipinski definition) is 1. The molecular formula is C12H13ClN2O2. The van der Waals surface area contributed by atoms with Gasteiger partial charge < -0.3 is 5.32 Å². The number of anilines is 1. The molecule has 1 N–H and O–H groups in total. The molecule has 90 valence electrons. The Morgan fingerprint density at radius 2 is 2.12 bits per heavy atom. The molecule has 1 heterocycles. The zero-order chi connectivity index (χ0) is 12.6. The van der Waals surface area contributed by atoms with Gasteiger partial charge in [0, 0.05) is 10.7 Å². The molecule has 0 saturated carbocycles. The number of halogens is 1. The molecule has 1 unspecified atom stereocenters. The van der Waals surface area contributed by atoms with Crippen molar-refractivity contribution in [1.82, 2.24) is 5.32 Å². The highest BCUT2D eigenvalue weighted by Crippen LogP contribution is 2.27. The van der Waals surface area contributed by atoms with Crippen LogP contribution in [0.1, 0.15) is 12.5 Å². The zero-order valence-electron chi connectivity index (χ0n) is 9.66. The number of nitrogens with zero attached hydrogens (tertiary/aromatic N) is 1. The van der Waals surface area contributed by atoms with Crippen LogP contribution < -0.4 is 10.2 Å². The van der Waals surface area contributed by atoms with Crippen LogP contribution >= 0.6 is 11.6 Å². The molecule has 0 aliphatic carbocycles. The van der Waals surface area contributed by atoms with Crippen molar-refractivity contribution in [2.24, 2.45) is 0 Å². The number of carbonyl (C=O) groups excluding carboxylic acids is 2. The second kappa shape index (κ2) is 4.37. The molecule has 0 radical (unpaired) electrons. The number of aryl methyl sites for hydroxylation is 1. The molecular weight excluding hydrogens is 240 g/mol. The van der Waals surface area contributed by atoms with Crippen LogP contribution in [0.3, 0.4) is 0 Å². The van der Waals surface area contributed by atoms with E-state index in [-0.39, 0.29) is 18.4 Å². The molecule has 0 spiro atoms. The number of hydrogen-bond acceptors (Lipinski definition) is 2. The Balaban J connectivity index is 2.46. The molecule has 1 aliphatic rings. The molecule has 2 rings (SSSR count).